The summed E-state index contributed by atoms with van der Waals surface area (Å²) < 4.78 is 0. The van der Waals surface area contributed by atoms with E-state index < -0.39 is 0 Å². The van der Waals surface area contributed by atoms with Gasteiger partial charge in [-0.15, -0.1) is 23.7 Å². The van der Waals surface area contributed by atoms with E-state index in [-0.39, 0.29) is 18.3 Å². The van der Waals surface area contributed by atoms with Crippen molar-refractivity contribution >= 4 is 35.3 Å². The number of hydrogen-bond acceptors (Lipinski definition) is 3. The highest BCUT2D eigenvalue weighted by atomic mass is 35.5. The van der Waals surface area contributed by atoms with E-state index in [2.05, 4.69) is 10.3 Å². The Hall–Kier alpha value is -1.39. The Bertz CT molecular complexity index is 416. The van der Waals surface area contributed by atoms with E-state index in [9.17, 15) is 4.79 Å². The molecular weight excluding hydrogens is 232 g/mol. The Morgan fingerprint density at radius 3 is 2.60 bits per heavy atom. The van der Waals surface area contributed by atoms with Gasteiger partial charge in [-0.25, -0.2) is 4.98 Å². The molecule has 2 aromatic rings. The molecule has 0 bridgehead atoms. The number of halogens is 1. The van der Waals surface area contributed by atoms with Gasteiger partial charge in [-0.3, -0.25) is 4.79 Å². The second kappa shape index (κ2) is 5.48. The van der Waals surface area contributed by atoms with Crippen LogP contribution in [0.5, 0.6) is 0 Å². The van der Waals surface area contributed by atoms with Gasteiger partial charge in [-0.2, -0.15) is 0 Å². The van der Waals surface area contributed by atoms with Gasteiger partial charge in [0, 0.05) is 17.3 Å². The third-order valence-electron chi connectivity index (χ3n) is 1.66. The summed E-state index contributed by atoms with van der Waals surface area (Å²) in [4.78, 5) is 15.4. The highest BCUT2D eigenvalue weighted by Gasteiger charge is 2.07. The van der Waals surface area contributed by atoms with Crippen molar-refractivity contribution in [3.8, 4) is 0 Å². The third kappa shape index (κ3) is 3.04. The fourth-order valence-electron chi connectivity index (χ4n) is 1.04. The zero-order valence-corrected chi connectivity index (χ0v) is 9.35. The number of thiazole rings is 1. The molecule has 0 aliphatic heterocycles. The Labute approximate surface area is 97.6 Å². The van der Waals surface area contributed by atoms with Gasteiger partial charge < -0.3 is 5.32 Å². The molecule has 0 unspecified atom stereocenters. The van der Waals surface area contributed by atoms with Gasteiger partial charge in [0.05, 0.1) is 0 Å². The number of carbonyl (C=O) groups is 1. The van der Waals surface area contributed by atoms with E-state index in [0.717, 1.165) is 5.69 Å². The molecule has 1 aromatic heterocycles. The second-order valence-corrected chi connectivity index (χ2v) is 3.55. The van der Waals surface area contributed by atoms with Gasteiger partial charge >= 0.3 is 0 Å². The molecule has 3 nitrogen and oxygen atoms in total. The Kier molecular flexibility index (Phi) is 4.27. The van der Waals surface area contributed by atoms with Crippen molar-refractivity contribution in [3.63, 3.8) is 0 Å². The molecule has 0 aliphatic carbocycles. The van der Waals surface area contributed by atoms with Crippen LogP contribution in [-0.2, 0) is 0 Å². The van der Waals surface area contributed by atoms with Gasteiger partial charge in [-0.1, -0.05) is 18.2 Å². The average Bonchev–Trinajstić information content (AvgIpc) is 2.72. The molecule has 1 N–H and O–H groups in total. The van der Waals surface area contributed by atoms with Crippen LogP contribution in [0.25, 0.3) is 0 Å². The van der Waals surface area contributed by atoms with Crippen LogP contribution in [0, 0.1) is 0 Å². The van der Waals surface area contributed by atoms with E-state index in [0.29, 0.717) is 5.01 Å². The predicted octanol–water partition coefficient (Wildman–Crippen LogP) is 2.82. The van der Waals surface area contributed by atoms with Crippen molar-refractivity contribution in [3.05, 3.63) is 46.9 Å². The number of hydrogen-bond donors (Lipinski definition) is 1. The lowest BCUT2D eigenvalue weighted by Crippen LogP contribution is -2.10. The zero-order valence-electron chi connectivity index (χ0n) is 7.71. The molecule has 1 heterocycles. The first-order valence-electron chi connectivity index (χ1n) is 4.12. The van der Waals surface area contributed by atoms with Gasteiger partial charge in [0.25, 0.3) is 5.91 Å². The van der Waals surface area contributed by atoms with Crippen molar-refractivity contribution < 1.29 is 4.79 Å². The number of anilines is 1. The lowest BCUT2D eigenvalue weighted by Gasteiger charge is -2.00. The molecule has 78 valence electrons. The van der Waals surface area contributed by atoms with Crippen molar-refractivity contribution in [2.24, 2.45) is 0 Å². The normalized spacial score (nSPS) is 9.07. The van der Waals surface area contributed by atoms with E-state index in [1.165, 1.54) is 11.3 Å². The zero-order chi connectivity index (χ0) is 9.80. The third-order valence-corrected chi connectivity index (χ3v) is 2.43. The number of amides is 1. The Morgan fingerprint density at radius 2 is 2.00 bits per heavy atom. The van der Waals surface area contributed by atoms with E-state index in [4.69, 9.17) is 0 Å². The SMILES string of the molecule is Cl.O=C(Nc1ccccc1)c1nccs1. The number of aromatic nitrogens is 1. The number of nitrogens with one attached hydrogen (secondary N) is 1. The molecule has 1 aromatic carbocycles. The maximum atomic E-state index is 11.5. The first kappa shape index (κ1) is 11.7. The highest BCUT2D eigenvalue weighted by Crippen LogP contribution is 2.09. The van der Waals surface area contributed by atoms with Gasteiger partial charge in [0.2, 0.25) is 0 Å². The summed E-state index contributed by atoms with van der Waals surface area (Å²) in [5.41, 5.74) is 0.785. The van der Waals surface area contributed by atoms with Crippen LogP contribution >= 0.6 is 23.7 Å². The van der Waals surface area contributed by atoms with E-state index >= 15 is 0 Å². The topological polar surface area (TPSA) is 42.0 Å². The minimum atomic E-state index is -0.161. The van der Waals surface area contributed by atoms with Crippen molar-refractivity contribution in [1.82, 2.24) is 4.98 Å². The molecule has 1 amide bonds. The number of benzene rings is 1. The maximum Gasteiger partial charge on any atom is 0.284 e. The molecule has 5 heteroatoms. The molecule has 0 aliphatic rings. The van der Waals surface area contributed by atoms with Gasteiger partial charge in [0.15, 0.2) is 5.01 Å². The molecule has 0 saturated heterocycles. The van der Waals surface area contributed by atoms with E-state index in [1.807, 2.05) is 30.3 Å². The monoisotopic (exact) mass is 240 g/mol. The van der Waals surface area contributed by atoms with Crippen molar-refractivity contribution in [2.45, 2.75) is 0 Å². The minimum Gasteiger partial charge on any atom is -0.320 e. The van der Waals surface area contributed by atoms with Crippen molar-refractivity contribution in [2.75, 3.05) is 5.32 Å². The number of rotatable bonds is 2. The summed E-state index contributed by atoms with van der Waals surface area (Å²) in [6.07, 6.45) is 1.62. The molecule has 15 heavy (non-hydrogen) atoms. The molecule has 0 fully saturated rings. The highest BCUT2D eigenvalue weighted by molar-refractivity contribution is 7.11. The molecular formula is C10H9ClN2OS. The molecule has 0 radical (unpaired) electrons. The lowest BCUT2D eigenvalue weighted by atomic mass is 10.3. The summed E-state index contributed by atoms with van der Waals surface area (Å²) in [6, 6.07) is 9.32. The average molecular weight is 241 g/mol. The quantitative estimate of drug-likeness (QED) is 0.877. The van der Waals surface area contributed by atoms with Gasteiger partial charge in [-0.05, 0) is 12.1 Å². The Morgan fingerprint density at radius 1 is 1.27 bits per heavy atom. The van der Waals surface area contributed by atoms with E-state index in [1.54, 1.807) is 11.6 Å². The summed E-state index contributed by atoms with van der Waals surface area (Å²) in [6.45, 7) is 0. The number of para-hydroxylation sites is 1. The fourth-order valence-corrected chi connectivity index (χ4v) is 1.57. The first-order valence-corrected chi connectivity index (χ1v) is 5.00. The van der Waals surface area contributed by atoms with Crippen LogP contribution in [0.3, 0.4) is 0 Å². The van der Waals surface area contributed by atoms with Crippen LogP contribution in [0.1, 0.15) is 9.80 Å². The van der Waals surface area contributed by atoms with Crippen LogP contribution < -0.4 is 5.32 Å². The molecule has 2 rings (SSSR count). The largest absolute Gasteiger partial charge is 0.320 e. The Balaban J connectivity index is 0.00000112. The number of carbonyl (C=O) groups excluding carboxylic acids is 1. The summed E-state index contributed by atoms with van der Waals surface area (Å²) in [7, 11) is 0. The summed E-state index contributed by atoms with van der Waals surface area (Å²) in [5, 5.41) is 5.01. The number of nitrogens with zero attached hydrogens (tertiary/aromatic N) is 1. The van der Waals surface area contributed by atoms with Crippen LogP contribution in [0.4, 0.5) is 5.69 Å². The smallest absolute Gasteiger partial charge is 0.284 e. The molecule has 0 spiro atoms. The lowest BCUT2D eigenvalue weighted by molar-refractivity contribution is 0.102. The fraction of sp³-hybridized carbons (Fsp3) is 0. The predicted molar refractivity (Wildman–Crippen MR) is 63.8 cm³/mol. The van der Waals surface area contributed by atoms with Crippen molar-refractivity contribution in [1.29, 1.82) is 0 Å². The summed E-state index contributed by atoms with van der Waals surface area (Å²) in [5.74, 6) is -0.161. The summed E-state index contributed by atoms with van der Waals surface area (Å²) >= 11 is 1.33. The minimum absolute atomic E-state index is 0. The second-order valence-electron chi connectivity index (χ2n) is 2.66. The van der Waals surface area contributed by atoms with Crippen LogP contribution in [0.2, 0.25) is 0 Å². The van der Waals surface area contributed by atoms with Crippen LogP contribution in [-0.4, -0.2) is 10.9 Å². The van der Waals surface area contributed by atoms with Crippen LogP contribution in [0.15, 0.2) is 41.9 Å². The molecule has 0 saturated carbocycles. The molecule has 0 atom stereocenters. The van der Waals surface area contributed by atoms with Gasteiger partial charge in [0.1, 0.15) is 0 Å². The standard InChI is InChI=1S/C10H8N2OS.ClH/c13-9(10-11-6-7-14-10)12-8-4-2-1-3-5-8;/h1-7H,(H,12,13);1H. The first-order chi connectivity index (χ1) is 6.86. The maximum absolute atomic E-state index is 11.5.